The van der Waals surface area contributed by atoms with Crippen molar-refractivity contribution in [3.05, 3.63) is 23.8 Å². The quantitative estimate of drug-likeness (QED) is 0.798. The van der Waals surface area contributed by atoms with Crippen LogP contribution in [-0.4, -0.2) is 34.4 Å². The highest BCUT2D eigenvalue weighted by Gasteiger charge is 2.34. The number of carbonyl (C=O) groups is 2. The molecule has 90 valence electrons. The van der Waals surface area contributed by atoms with Gasteiger partial charge in [0.2, 0.25) is 6.10 Å². The molecule has 0 spiro atoms. The minimum atomic E-state index is -1.15. The van der Waals surface area contributed by atoms with Crippen molar-refractivity contribution in [3.63, 3.8) is 0 Å². The molecule has 1 heterocycles. The average molecular weight is 238 g/mol. The Morgan fingerprint density at radius 3 is 2.47 bits per heavy atom. The Hall–Kier alpha value is -2.24. The zero-order valence-corrected chi connectivity index (χ0v) is 8.91. The monoisotopic (exact) mass is 238 g/mol. The molecule has 0 aromatic heterocycles. The number of fused-ring (bicyclic) bond motifs is 1. The molecule has 6 nitrogen and oxygen atoms in total. The number of carboxylic acids is 2. The van der Waals surface area contributed by atoms with Crippen LogP contribution in [0.1, 0.15) is 17.3 Å². The standard InChI is InChI=1S/C11H10O6/c1-5-9(11(14)15)17-8-4-6(10(12)13)2-3-7(8)16-5/h2-5,9H,1H3,(H,12,13)(H,14,15). The van der Waals surface area contributed by atoms with E-state index in [9.17, 15) is 9.59 Å². The maximum Gasteiger partial charge on any atom is 0.348 e. The maximum atomic E-state index is 10.9. The van der Waals surface area contributed by atoms with Gasteiger partial charge >= 0.3 is 11.9 Å². The first-order valence-electron chi connectivity index (χ1n) is 4.92. The summed E-state index contributed by atoms with van der Waals surface area (Å²) in [7, 11) is 0. The fourth-order valence-electron chi connectivity index (χ4n) is 1.58. The minimum absolute atomic E-state index is 0.0195. The summed E-state index contributed by atoms with van der Waals surface area (Å²) in [5.41, 5.74) is 0.0195. The lowest BCUT2D eigenvalue weighted by molar-refractivity contribution is -0.150. The van der Waals surface area contributed by atoms with Crippen LogP contribution in [0.15, 0.2) is 18.2 Å². The molecule has 1 aliphatic heterocycles. The molecule has 1 aromatic carbocycles. The van der Waals surface area contributed by atoms with Gasteiger partial charge in [0.05, 0.1) is 5.56 Å². The Kier molecular flexibility index (Phi) is 2.63. The zero-order valence-electron chi connectivity index (χ0n) is 8.91. The molecule has 2 atom stereocenters. The number of hydrogen-bond donors (Lipinski definition) is 2. The van der Waals surface area contributed by atoms with E-state index in [0.717, 1.165) is 0 Å². The summed E-state index contributed by atoms with van der Waals surface area (Å²) < 4.78 is 10.6. The molecule has 0 saturated heterocycles. The van der Waals surface area contributed by atoms with Gasteiger partial charge in [-0.1, -0.05) is 0 Å². The van der Waals surface area contributed by atoms with Crippen LogP contribution in [0.25, 0.3) is 0 Å². The van der Waals surface area contributed by atoms with Crippen molar-refractivity contribution >= 4 is 11.9 Å². The van der Waals surface area contributed by atoms with Crippen molar-refractivity contribution in [2.24, 2.45) is 0 Å². The Labute approximate surface area is 96.4 Å². The van der Waals surface area contributed by atoms with E-state index in [0.29, 0.717) is 5.75 Å². The van der Waals surface area contributed by atoms with Gasteiger partial charge in [-0.3, -0.25) is 0 Å². The summed E-state index contributed by atoms with van der Waals surface area (Å²) in [4.78, 5) is 21.6. The molecule has 0 amide bonds. The molecular weight excluding hydrogens is 228 g/mol. The van der Waals surface area contributed by atoms with E-state index in [-0.39, 0.29) is 11.3 Å². The molecule has 2 unspecified atom stereocenters. The fraction of sp³-hybridized carbons (Fsp3) is 0.273. The zero-order chi connectivity index (χ0) is 12.6. The fourth-order valence-corrected chi connectivity index (χ4v) is 1.58. The summed E-state index contributed by atoms with van der Waals surface area (Å²) in [5, 5.41) is 17.7. The number of aromatic carboxylic acids is 1. The lowest BCUT2D eigenvalue weighted by Gasteiger charge is -2.29. The van der Waals surface area contributed by atoms with Crippen LogP contribution in [0.3, 0.4) is 0 Å². The summed E-state index contributed by atoms with van der Waals surface area (Å²) in [6.45, 7) is 1.58. The lowest BCUT2D eigenvalue weighted by Crippen LogP contribution is -2.43. The van der Waals surface area contributed by atoms with Gasteiger partial charge in [-0.15, -0.1) is 0 Å². The van der Waals surface area contributed by atoms with Crippen LogP contribution < -0.4 is 9.47 Å². The predicted molar refractivity (Wildman–Crippen MR) is 55.5 cm³/mol. The smallest absolute Gasteiger partial charge is 0.348 e. The van der Waals surface area contributed by atoms with Gasteiger partial charge in [-0.05, 0) is 25.1 Å². The van der Waals surface area contributed by atoms with E-state index in [1.54, 1.807) is 6.92 Å². The highest BCUT2D eigenvalue weighted by atomic mass is 16.6. The molecule has 1 aromatic rings. The average Bonchev–Trinajstić information content (AvgIpc) is 2.27. The van der Waals surface area contributed by atoms with Crippen LogP contribution in [0.5, 0.6) is 11.5 Å². The number of hydrogen-bond acceptors (Lipinski definition) is 4. The summed E-state index contributed by atoms with van der Waals surface area (Å²) in [6.07, 6.45) is -1.76. The van der Waals surface area contributed by atoms with Crippen molar-refractivity contribution in [2.45, 2.75) is 19.1 Å². The summed E-state index contributed by atoms with van der Waals surface area (Å²) >= 11 is 0. The van der Waals surface area contributed by atoms with Crippen molar-refractivity contribution in [2.75, 3.05) is 0 Å². The van der Waals surface area contributed by atoms with Gasteiger partial charge in [-0.25, -0.2) is 9.59 Å². The first-order chi connectivity index (χ1) is 7.99. The number of benzene rings is 1. The topological polar surface area (TPSA) is 93.1 Å². The largest absolute Gasteiger partial charge is 0.482 e. The third-order valence-corrected chi connectivity index (χ3v) is 2.43. The molecule has 2 N–H and O–H groups in total. The number of rotatable bonds is 2. The molecular formula is C11H10O6. The van der Waals surface area contributed by atoms with Gasteiger partial charge < -0.3 is 19.7 Å². The predicted octanol–water partition coefficient (Wildman–Crippen LogP) is 0.998. The molecule has 0 bridgehead atoms. The first kappa shape index (κ1) is 11.3. The van der Waals surface area contributed by atoms with Crippen molar-refractivity contribution in [1.29, 1.82) is 0 Å². The molecule has 1 aliphatic rings. The van der Waals surface area contributed by atoms with Gasteiger partial charge in [-0.2, -0.15) is 0 Å². The molecule has 0 saturated carbocycles. The van der Waals surface area contributed by atoms with Gasteiger partial charge in [0.25, 0.3) is 0 Å². The molecule has 6 heteroatoms. The van der Waals surface area contributed by atoms with Crippen molar-refractivity contribution < 1.29 is 29.3 Å². The van der Waals surface area contributed by atoms with Crippen molar-refractivity contribution in [1.82, 2.24) is 0 Å². The molecule has 0 fully saturated rings. The Balaban J connectivity index is 2.36. The van der Waals surface area contributed by atoms with Crippen LogP contribution in [0.2, 0.25) is 0 Å². The number of aliphatic carboxylic acids is 1. The third-order valence-electron chi connectivity index (χ3n) is 2.43. The maximum absolute atomic E-state index is 10.9. The highest BCUT2D eigenvalue weighted by molar-refractivity contribution is 5.88. The van der Waals surface area contributed by atoms with E-state index >= 15 is 0 Å². The van der Waals surface area contributed by atoms with E-state index in [1.165, 1.54) is 18.2 Å². The normalized spacial score (nSPS) is 21.9. The molecule has 0 radical (unpaired) electrons. The van der Waals surface area contributed by atoms with E-state index in [4.69, 9.17) is 19.7 Å². The SMILES string of the molecule is CC1Oc2ccc(C(=O)O)cc2OC1C(=O)O. The van der Waals surface area contributed by atoms with Crippen LogP contribution in [0, 0.1) is 0 Å². The number of ether oxygens (including phenoxy) is 2. The highest BCUT2D eigenvalue weighted by Crippen LogP contribution is 2.34. The summed E-state index contributed by atoms with van der Waals surface area (Å²) in [6, 6.07) is 4.07. The second-order valence-corrected chi connectivity index (χ2v) is 3.67. The Bertz CT molecular complexity index is 481. The second kappa shape index (κ2) is 3.97. The third kappa shape index (κ3) is 2.01. The molecule has 17 heavy (non-hydrogen) atoms. The minimum Gasteiger partial charge on any atom is -0.482 e. The van der Waals surface area contributed by atoms with Gasteiger partial charge in [0, 0.05) is 0 Å². The first-order valence-corrected chi connectivity index (χ1v) is 4.92. The van der Waals surface area contributed by atoms with Crippen molar-refractivity contribution in [3.8, 4) is 11.5 Å². The molecule has 0 aliphatic carbocycles. The van der Waals surface area contributed by atoms with E-state index < -0.39 is 24.1 Å². The van der Waals surface area contributed by atoms with Crippen LogP contribution >= 0.6 is 0 Å². The van der Waals surface area contributed by atoms with E-state index in [1.807, 2.05) is 0 Å². The van der Waals surface area contributed by atoms with Gasteiger partial charge in [0.1, 0.15) is 6.10 Å². The Morgan fingerprint density at radius 1 is 1.18 bits per heavy atom. The van der Waals surface area contributed by atoms with E-state index in [2.05, 4.69) is 0 Å². The van der Waals surface area contributed by atoms with Gasteiger partial charge in [0.15, 0.2) is 11.5 Å². The number of carboxylic acid groups (broad SMARTS) is 2. The Morgan fingerprint density at radius 2 is 1.88 bits per heavy atom. The second-order valence-electron chi connectivity index (χ2n) is 3.67. The summed E-state index contributed by atoms with van der Waals surface area (Å²) in [5.74, 6) is -1.78. The van der Waals surface area contributed by atoms with Crippen LogP contribution in [-0.2, 0) is 4.79 Å². The lowest BCUT2D eigenvalue weighted by atomic mass is 10.1. The molecule has 2 rings (SSSR count). The van der Waals surface area contributed by atoms with Crippen LogP contribution in [0.4, 0.5) is 0 Å².